The van der Waals surface area contributed by atoms with Crippen molar-refractivity contribution >= 4 is 9.84 Å². The summed E-state index contributed by atoms with van der Waals surface area (Å²) in [6, 6.07) is 6.79. The standard InChI is InChI=1S/C13H18O3S/c1-10(2)17(14,15)13-5-3-4-12(8-13)16-9-11-6-7-11/h3-5,8,10-11H,6-7,9H2,1-2H3. The van der Waals surface area contributed by atoms with Crippen molar-refractivity contribution in [1.82, 2.24) is 0 Å². The van der Waals surface area contributed by atoms with E-state index in [4.69, 9.17) is 4.74 Å². The smallest absolute Gasteiger partial charge is 0.180 e. The molecule has 0 aromatic heterocycles. The first-order chi connectivity index (χ1) is 8.00. The van der Waals surface area contributed by atoms with Gasteiger partial charge in [-0.3, -0.25) is 0 Å². The Bertz CT molecular complexity index is 487. The second-order valence-electron chi connectivity index (χ2n) is 4.82. The van der Waals surface area contributed by atoms with Gasteiger partial charge in [-0.1, -0.05) is 6.07 Å². The molecule has 4 heteroatoms. The lowest BCUT2D eigenvalue weighted by Crippen LogP contribution is -2.14. The van der Waals surface area contributed by atoms with Crippen LogP contribution in [0.5, 0.6) is 5.75 Å². The first kappa shape index (κ1) is 12.4. The summed E-state index contributed by atoms with van der Waals surface area (Å²) >= 11 is 0. The van der Waals surface area contributed by atoms with Crippen molar-refractivity contribution in [2.75, 3.05) is 6.61 Å². The van der Waals surface area contributed by atoms with Crippen LogP contribution in [-0.4, -0.2) is 20.3 Å². The Hall–Kier alpha value is -1.03. The van der Waals surface area contributed by atoms with Crippen molar-refractivity contribution in [3.63, 3.8) is 0 Å². The first-order valence-electron chi connectivity index (χ1n) is 5.97. The minimum Gasteiger partial charge on any atom is -0.493 e. The number of hydrogen-bond donors (Lipinski definition) is 0. The third-order valence-corrected chi connectivity index (χ3v) is 5.09. The molecule has 1 fully saturated rings. The molecule has 0 N–H and O–H groups in total. The summed E-state index contributed by atoms with van der Waals surface area (Å²) in [7, 11) is -3.20. The Labute approximate surface area is 103 Å². The maximum atomic E-state index is 12.0. The average molecular weight is 254 g/mol. The van der Waals surface area contributed by atoms with E-state index >= 15 is 0 Å². The fourth-order valence-corrected chi connectivity index (χ4v) is 2.60. The van der Waals surface area contributed by atoms with Crippen molar-refractivity contribution in [1.29, 1.82) is 0 Å². The van der Waals surface area contributed by atoms with E-state index in [-0.39, 0.29) is 0 Å². The molecule has 0 atom stereocenters. The number of benzene rings is 1. The highest BCUT2D eigenvalue weighted by atomic mass is 32.2. The van der Waals surface area contributed by atoms with Crippen LogP contribution in [0.3, 0.4) is 0 Å². The summed E-state index contributed by atoms with van der Waals surface area (Å²) in [5.74, 6) is 1.32. The van der Waals surface area contributed by atoms with Gasteiger partial charge in [0.25, 0.3) is 0 Å². The number of ether oxygens (including phenoxy) is 1. The van der Waals surface area contributed by atoms with Crippen LogP contribution in [0.1, 0.15) is 26.7 Å². The maximum absolute atomic E-state index is 12.0. The number of rotatable bonds is 5. The third kappa shape index (κ3) is 3.00. The van der Waals surface area contributed by atoms with E-state index in [1.807, 2.05) is 6.07 Å². The lowest BCUT2D eigenvalue weighted by molar-refractivity contribution is 0.299. The minimum atomic E-state index is -3.20. The molecule has 0 amide bonds. The minimum absolute atomic E-state index is 0.348. The predicted octanol–water partition coefficient (Wildman–Crippen LogP) is 2.66. The molecule has 0 aliphatic heterocycles. The first-order valence-corrected chi connectivity index (χ1v) is 7.51. The highest BCUT2D eigenvalue weighted by Crippen LogP contribution is 2.30. The fraction of sp³-hybridized carbons (Fsp3) is 0.538. The molecule has 0 radical (unpaired) electrons. The van der Waals surface area contributed by atoms with E-state index in [0.29, 0.717) is 23.2 Å². The monoisotopic (exact) mass is 254 g/mol. The molecule has 0 spiro atoms. The van der Waals surface area contributed by atoms with Gasteiger partial charge >= 0.3 is 0 Å². The van der Waals surface area contributed by atoms with Crippen LogP contribution >= 0.6 is 0 Å². The zero-order valence-electron chi connectivity index (χ0n) is 10.2. The van der Waals surface area contributed by atoms with Crippen LogP contribution in [0.2, 0.25) is 0 Å². The topological polar surface area (TPSA) is 43.4 Å². The lowest BCUT2D eigenvalue weighted by Gasteiger charge is -2.10. The van der Waals surface area contributed by atoms with Gasteiger partial charge in [-0.25, -0.2) is 8.42 Å². The molecule has 0 heterocycles. The Morgan fingerprint density at radius 3 is 2.65 bits per heavy atom. The van der Waals surface area contributed by atoms with Gasteiger partial charge in [-0.15, -0.1) is 0 Å². The third-order valence-electron chi connectivity index (χ3n) is 2.94. The summed E-state index contributed by atoms with van der Waals surface area (Å²) < 4.78 is 29.5. The average Bonchev–Trinajstić information content (AvgIpc) is 3.10. The van der Waals surface area contributed by atoms with Gasteiger partial charge in [0.1, 0.15) is 5.75 Å². The molecule has 1 saturated carbocycles. The van der Waals surface area contributed by atoms with E-state index in [9.17, 15) is 8.42 Å². The molecule has 17 heavy (non-hydrogen) atoms. The van der Waals surface area contributed by atoms with Crippen LogP contribution in [0.4, 0.5) is 0 Å². The van der Waals surface area contributed by atoms with Gasteiger partial charge in [-0.05, 0) is 50.8 Å². The van der Waals surface area contributed by atoms with Crippen LogP contribution in [0, 0.1) is 5.92 Å². The van der Waals surface area contributed by atoms with Gasteiger partial charge in [0.05, 0.1) is 16.8 Å². The predicted molar refractivity (Wildman–Crippen MR) is 67.0 cm³/mol. The molecule has 0 bridgehead atoms. The van der Waals surface area contributed by atoms with Crippen LogP contribution in [0.15, 0.2) is 29.2 Å². The number of sulfone groups is 1. The molecule has 1 aliphatic carbocycles. The van der Waals surface area contributed by atoms with E-state index in [0.717, 1.165) is 0 Å². The zero-order chi connectivity index (χ0) is 12.5. The van der Waals surface area contributed by atoms with Crippen molar-refractivity contribution in [2.24, 2.45) is 5.92 Å². The Morgan fingerprint density at radius 1 is 1.35 bits per heavy atom. The van der Waals surface area contributed by atoms with Crippen LogP contribution < -0.4 is 4.74 Å². The second-order valence-corrected chi connectivity index (χ2v) is 7.33. The summed E-state index contributed by atoms with van der Waals surface area (Å²) in [4.78, 5) is 0.348. The molecular formula is C13H18O3S. The molecule has 0 saturated heterocycles. The van der Waals surface area contributed by atoms with Crippen LogP contribution in [-0.2, 0) is 9.84 Å². The van der Waals surface area contributed by atoms with Gasteiger partial charge < -0.3 is 4.74 Å². The molecular weight excluding hydrogens is 236 g/mol. The summed E-state index contributed by atoms with van der Waals surface area (Å²) in [5, 5.41) is -0.402. The largest absolute Gasteiger partial charge is 0.493 e. The zero-order valence-corrected chi connectivity index (χ0v) is 11.0. The molecule has 1 aromatic rings. The highest BCUT2D eigenvalue weighted by molar-refractivity contribution is 7.92. The molecule has 3 nitrogen and oxygen atoms in total. The molecule has 94 valence electrons. The van der Waals surface area contributed by atoms with Gasteiger partial charge in [-0.2, -0.15) is 0 Å². The van der Waals surface area contributed by atoms with Crippen molar-refractivity contribution < 1.29 is 13.2 Å². The second kappa shape index (κ2) is 4.69. The SMILES string of the molecule is CC(C)S(=O)(=O)c1cccc(OCC2CC2)c1. The van der Waals surface area contributed by atoms with Gasteiger partial charge in [0, 0.05) is 0 Å². The highest BCUT2D eigenvalue weighted by Gasteiger charge is 2.23. The van der Waals surface area contributed by atoms with E-state index in [1.54, 1.807) is 32.0 Å². The van der Waals surface area contributed by atoms with Crippen molar-refractivity contribution in [3.8, 4) is 5.75 Å². The molecule has 2 rings (SSSR count). The van der Waals surface area contributed by atoms with Gasteiger partial charge in [0.15, 0.2) is 9.84 Å². The summed E-state index contributed by atoms with van der Waals surface area (Å²) in [6.07, 6.45) is 2.45. The summed E-state index contributed by atoms with van der Waals surface area (Å²) in [5.41, 5.74) is 0. The quantitative estimate of drug-likeness (QED) is 0.811. The lowest BCUT2D eigenvalue weighted by atomic mass is 10.3. The number of hydrogen-bond acceptors (Lipinski definition) is 3. The maximum Gasteiger partial charge on any atom is 0.180 e. The molecule has 1 aromatic carbocycles. The summed E-state index contributed by atoms with van der Waals surface area (Å²) in [6.45, 7) is 4.07. The van der Waals surface area contributed by atoms with E-state index in [2.05, 4.69) is 0 Å². The molecule has 1 aliphatic rings. The normalized spacial score (nSPS) is 16.2. The Kier molecular flexibility index (Phi) is 3.43. The van der Waals surface area contributed by atoms with E-state index < -0.39 is 15.1 Å². The van der Waals surface area contributed by atoms with Gasteiger partial charge in [0.2, 0.25) is 0 Å². The Balaban J connectivity index is 2.15. The Morgan fingerprint density at radius 2 is 2.06 bits per heavy atom. The van der Waals surface area contributed by atoms with Crippen molar-refractivity contribution in [3.05, 3.63) is 24.3 Å². The fourth-order valence-electron chi connectivity index (χ4n) is 1.51. The van der Waals surface area contributed by atoms with E-state index in [1.165, 1.54) is 12.8 Å². The van der Waals surface area contributed by atoms with Crippen molar-refractivity contribution in [2.45, 2.75) is 36.8 Å². The van der Waals surface area contributed by atoms with Crippen LogP contribution in [0.25, 0.3) is 0 Å². The molecule has 0 unspecified atom stereocenters.